The van der Waals surface area contributed by atoms with Crippen LogP contribution in [-0.4, -0.2) is 54.6 Å². The van der Waals surface area contributed by atoms with E-state index in [9.17, 15) is 14.0 Å². The maximum atomic E-state index is 13.9. The minimum atomic E-state index is -0.771. The monoisotopic (exact) mass is 415 g/mol. The summed E-state index contributed by atoms with van der Waals surface area (Å²) in [4.78, 5) is 29.8. The molecule has 0 radical (unpaired) electrons. The highest BCUT2D eigenvalue weighted by atomic mass is 19.1. The Hall–Kier alpha value is -2.67. The number of piperidine rings is 1. The molecule has 6 nitrogen and oxygen atoms in total. The standard InChI is InChI=1S/C23H30FN3O3/c1-4-11-27-19(15-26-12-9-16(3)10-13-26)20(22(28)30-5-2)21(25-23(27)29)17-7-6-8-18(24)14-17/h4,6-8,14,16,21H,1,5,9-13,15H2,2-3H3,(H,25,29)/t21-/m0/s1. The maximum absolute atomic E-state index is 13.9. The van der Waals surface area contributed by atoms with Crippen LogP contribution in [0.3, 0.4) is 0 Å². The summed E-state index contributed by atoms with van der Waals surface area (Å²) in [5, 5.41) is 2.85. The van der Waals surface area contributed by atoms with Crippen molar-refractivity contribution < 1.29 is 18.7 Å². The predicted molar refractivity (Wildman–Crippen MR) is 113 cm³/mol. The van der Waals surface area contributed by atoms with Gasteiger partial charge in [0, 0.05) is 18.8 Å². The molecule has 162 valence electrons. The Morgan fingerprint density at radius 2 is 2.10 bits per heavy atom. The molecule has 2 heterocycles. The molecule has 0 aromatic heterocycles. The van der Waals surface area contributed by atoms with E-state index in [1.54, 1.807) is 25.1 Å². The van der Waals surface area contributed by atoms with Gasteiger partial charge in [0.1, 0.15) is 5.82 Å². The number of likely N-dealkylation sites (tertiary alicyclic amines) is 1. The van der Waals surface area contributed by atoms with Gasteiger partial charge in [-0.25, -0.2) is 14.0 Å². The second-order valence-corrected chi connectivity index (χ2v) is 7.88. The smallest absolute Gasteiger partial charge is 0.338 e. The van der Waals surface area contributed by atoms with E-state index < -0.39 is 17.8 Å². The number of hydrogen-bond donors (Lipinski definition) is 1. The lowest BCUT2D eigenvalue weighted by Crippen LogP contribution is -2.51. The molecule has 0 saturated carbocycles. The Morgan fingerprint density at radius 1 is 1.37 bits per heavy atom. The van der Waals surface area contributed by atoms with Crippen LogP contribution in [0.5, 0.6) is 0 Å². The maximum Gasteiger partial charge on any atom is 0.338 e. The van der Waals surface area contributed by atoms with Crippen LogP contribution in [0.15, 0.2) is 48.2 Å². The molecule has 30 heavy (non-hydrogen) atoms. The number of esters is 1. The zero-order valence-electron chi connectivity index (χ0n) is 17.7. The fourth-order valence-corrected chi connectivity index (χ4v) is 4.01. The zero-order valence-corrected chi connectivity index (χ0v) is 17.7. The summed E-state index contributed by atoms with van der Waals surface area (Å²) in [7, 11) is 0. The summed E-state index contributed by atoms with van der Waals surface area (Å²) in [6.45, 7) is 10.5. The number of nitrogens with one attached hydrogen (secondary N) is 1. The SMILES string of the molecule is C=CCN1C(=O)N[C@@H](c2cccc(F)c2)C(C(=O)OCC)=C1CN1CCC(C)CC1. The topological polar surface area (TPSA) is 61.9 Å². The third-order valence-electron chi connectivity index (χ3n) is 5.68. The normalized spacial score (nSPS) is 20.8. The molecular formula is C23H30FN3O3. The zero-order chi connectivity index (χ0) is 21.7. The highest BCUT2D eigenvalue weighted by Gasteiger charge is 2.38. The Balaban J connectivity index is 2.07. The number of nitrogens with zero attached hydrogens (tertiary/aromatic N) is 2. The molecule has 1 N–H and O–H groups in total. The number of halogens is 1. The number of carbonyl (C=O) groups excluding carboxylic acids is 2. The van der Waals surface area contributed by atoms with Crippen LogP contribution in [0, 0.1) is 11.7 Å². The van der Waals surface area contributed by atoms with E-state index in [0.717, 1.165) is 25.9 Å². The quantitative estimate of drug-likeness (QED) is 0.546. The van der Waals surface area contributed by atoms with Crippen LogP contribution >= 0.6 is 0 Å². The van der Waals surface area contributed by atoms with Crippen molar-refractivity contribution in [3.05, 3.63) is 59.6 Å². The van der Waals surface area contributed by atoms with Crippen molar-refractivity contribution >= 4 is 12.0 Å². The summed E-state index contributed by atoms with van der Waals surface area (Å²) < 4.78 is 19.3. The largest absolute Gasteiger partial charge is 0.463 e. The van der Waals surface area contributed by atoms with Crippen molar-refractivity contribution in [2.75, 3.05) is 32.8 Å². The van der Waals surface area contributed by atoms with Gasteiger partial charge >= 0.3 is 12.0 Å². The van der Waals surface area contributed by atoms with E-state index in [2.05, 4.69) is 23.7 Å². The van der Waals surface area contributed by atoms with Gasteiger partial charge in [-0.05, 0) is 56.5 Å². The molecule has 0 bridgehead atoms. The Morgan fingerprint density at radius 3 is 2.73 bits per heavy atom. The van der Waals surface area contributed by atoms with Gasteiger partial charge in [0.2, 0.25) is 0 Å². The average molecular weight is 416 g/mol. The summed E-state index contributed by atoms with van der Waals surface area (Å²) in [6.07, 6.45) is 3.77. The first kappa shape index (κ1) is 22.0. The summed E-state index contributed by atoms with van der Waals surface area (Å²) in [5.41, 5.74) is 1.46. The van der Waals surface area contributed by atoms with Gasteiger partial charge in [-0.3, -0.25) is 9.80 Å². The summed E-state index contributed by atoms with van der Waals surface area (Å²) in [6, 6.07) is 4.84. The van der Waals surface area contributed by atoms with E-state index in [0.29, 0.717) is 29.3 Å². The molecule has 2 aliphatic heterocycles. The van der Waals surface area contributed by atoms with Crippen LogP contribution in [-0.2, 0) is 9.53 Å². The molecule has 3 rings (SSSR count). The first-order chi connectivity index (χ1) is 14.4. The van der Waals surface area contributed by atoms with Gasteiger partial charge in [0.25, 0.3) is 0 Å². The van der Waals surface area contributed by atoms with Gasteiger partial charge in [-0.2, -0.15) is 0 Å². The first-order valence-corrected chi connectivity index (χ1v) is 10.5. The second-order valence-electron chi connectivity index (χ2n) is 7.88. The number of amides is 2. The number of urea groups is 1. The molecule has 1 atom stereocenters. The van der Waals surface area contributed by atoms with E-state index in [-0.39, 0.29) is 19.2 Å². The Bertz CT molecular complexity index is 831. The molecule has 1 saturated heterocycles. The minimum Gasteiger partial charge on any atom is -0.463 e. The molecule has 2 amide bonds. The van der Waals surface area contributed by atoms with Crippen molar-refractivity contribution in [2.45, 2.75) is 32.7 Å². The lowest BCUT2D eigenvalue weighted by molar-refractivity contribution is -0.139. The fourth-order valence-electron chi connectivity index (χ4n) is 4.01. The number of rotatable bonds is 7. The molecule has 1 aromatic carbocycles. The van der Waals surface area contributed by atoms with Crippen LogP contribution in [0.1, 0.15) is 38.3 Å². The molecule has 1 fully saturated rings. The van der Waals surface area contributed by atoms with Crippen LogP contribution in [0.4, 0.5) is 9.18 Å². The number of carbonyl (C=O) groups is 2. The van der Waals surface area contributed by atoms with Crippen LogP contribution in [0.25, 0.3) is 0 Å². The van der Waals surface area contributed by atoms with Crippen LogP contribution in [0.2, 0.25) is 0 Å². The van der Waals surface area contributed by atoms with Crippen molar-refractivity contribution in [1.82, 2.24) is 15.1 Å². The highest BCUT2D eigenvalue weighted by molar-refractivity contribution is 5.95. The lowest BCUT2D eigenvalue weighted by atomic mass is 9.93. The molecule has 0 spiro atoms. The molecule has 0 aliphatic carbocycles. The van der Waals surface area contributed by atoms with Gasteiger partial charge in [-0.15, -0.1) is 6.58 Å². The molecule has 7 heteroatoms. The number of benzene rings is 1. The van der Waals surface area contributed by atoms with E-state index in [1.807, 2.05) is 0 Å². The molecule has 1 aromatic rings. The minimum absolute atomic E-state index is 0.210. The Kier molecular flexibility index (Phi) is 7.26. The van der Waals surface area contributed by atoms with Crippen molar-refractivity contribution in [3.8, 4) is 0 Å². The summed E-state index contributed by atoms with van der Waals surface area (Å²) in [5.74, 6) is -0.259. The number of hydrogen-bond acceptors (Lipinski definition) is 4. The third kappa shape index (κ3) is 4.90. The van der Waals surface area contributed by atoms with E-state index in [4.69, 9.17) is 4.74 Å². The summed E-state index contributed by atoms with van der Waals surface area (Å²) >= 11 is 0. The Labute approximate surface area is 177 Å². The highest BCUT2D eigenvalue weighted by Crippen LogP contribution is 2.33. The lowest BCUT2D eigenvalue weighted by Gasteiger charge is -2.39. The molecule has 2 aliphatic rings. The molecule has 0 unspecified atom stereocenters. The van der Waals surface area contributed by atoms with E-state index >= 15 is 0 Å². The van der Waals surface area contributed by atoms with E-state index in [1.165, 1.54) is 17.0 Å². The average Bonchev–Trinajstić information content (AvgIpc) is 2.72. The first-order valence-electron chi connectivity index (χ1n) is 10.5. The predicted octanol–water partition coefficient (Wildman–Crippen LogP) is 3.63. The second kappa shape index (κ2) is 9.89. The van der Waals surface area contributed by atoms with Gasteiger partial charge in [0.15, 0.2) is 0 Å². The van der Waals surface area contributed by atoms with Crippen LogP contribution < -0.4 is 5.32 Å². The van der Waals surface area contributed by atoms with Crippen molar-refractivity contribution in [2.24, 2.45) is 5.92 Å². The van der Waals surface area contributed by atoms with Gasteiger partial charge < -0.3 is 10.1 Å². The number of ether oxygens (including phenoxy) is 1. The fraction of sp³-hybridized carbons (Fsp3) is 0.478. The van der Waals surface area contributed by atoms with Gasteiger partial charge in [-0.1, -0.05) is 25.1 Å². The van der Waals surface area contributed by atoms with Gasteiger partial charge in [0.05, 0.1) is 18.2 Å². The third-order valence-corrected chi connectivity index (χ3v) is 5.68. The van der Waals surface area contributed by atoms with Crippen molar-refractivity contribution in [3.63, 3.8) is 0 Å². The van der Waals surface area contributed by atoms with Crippen molar-refractivity contribution in [1.29, 1.82) is 0 Å². The molecular weight excluding hydrogens is 385 g/mol.